The molecule has 1 N–H and O–H groups in total. The van der Waals surface area contributed by atoms with Crippen molar-refractivity contribution < 1.29 is 10.0 Å². The summed E-state index contributed by atoms with van der Waals surface area (Å²) in [5.41, 5.74) is 0.111. The van der Waals surface area contributed by atoms with E-state index in [0.29, 0.717) is 15.9 Å². The maximum absolute atomic E-state index is 11.0. The molecule has 1 saturated carbocycles. The van der Waals surface area contributed by atoms with Gasteiger partial charge in [-0.1, -0.05) is 0 Å². The van der Waals surface area contributed by atoms with Crippen molar-refractivity contribution in [1.29, 1.82) is 0 Å². The predicted molar refractivity (Wildman–Crippen MR) is 67.6 cm³/mol. The minimum Gasteiger partial charge on any atom is -0.388 e. The van der Waals surface area contributed by atoms with Crippen molar-refractivity contribution in [3.63, 3.8) is 0 Å². The number of hydrogen-bond donors (Lipinski definition) is 1. The van der Waals surface area contributed by atoms with E-state index in [1.165, 1.54) is 23.8 Å². The van der Waals surface area contributed by atoms with Crippen LogP contribution in [0, 0.1) is 10.1 Å². The summed E-state index contributed by atoms with van der Waals surface area (Å²) in [6.45, 7) is 1.63. The lowest BCUT2D eigenvalue weighted by molar-refractivity contribution is -0.383. The number of nitrogens with zero attached hydrogens (tertiary/aromatic N) is 2. The standard InChI is InChI=1S/C11H16N2O3S/c1-7(14)10-6-9(13(15)16)11(17-10)12(2)8-4-3-5-8/h6-8,14H,3-5H2,1-2H3/t7-/m0/s1. The van der Waals surface area contributed by atoms with Crippen LogP contribution in [-0.4, -0.2) is 23.1 Å². The second kappa shape index (κ2) is 4.62. The third-order valence-corrected chi connectivity index (χ3v) is 4.65. The Kier molecular flexibility index (Phi) is 3.35. The van der Waals surface area contributed by atoms with Crippen LogP contribution in [0.15, 0.2) is 6.07 Å². The zero-order chi connectivity index (χ0) is 12.6. The Morgan fingerprint density at radius 2 is 2.29 bits per heavy atom. The smallest absolute Gasteiger partial charge is 0.304 e. The molecule has 94 valence electrons. The van der Waals surface area contributed by atoms with Gasteiger partial charge in [0.05, 0.1) is 11.0 Å². The van der Waals surface area contributed by atoms with Crippen molar-refractivity contribution in [1.82, 2.24) is 0 Å². The first kappa shape index (κ1) is 12.3. The van der Waals surface area contributed by atoms with Crippen LogP contribution in [0.3, 0.4) is 0 Å². The van der Waals surface area contributed by atoms with E-state index in [0.717, 1.165) is 12.8 Å². The Balaban J connectivity index is 2.32. The van der Waals surface area contributed by atoms with Crippen LogP contribution >= 0.6 is 11.3 Å². The number of aliphatic hydroxyl groups excluding tert-OH is 1. The molecule has 17 heavy (non-hydrogen) atoms. The maximum Gasteiger partial charge on any atom is 0.304 e. The van der Waals surface area contributed by atoms with Crippen molar-refractivity contribution in [3.8, 4) is 0 Å². The molecular weight excluding hydrogens is 240 g/mol. The molecule has 0 unspecified atom stereocenters. The molecule has 1 aromatic heterocycles. The minimum absolute atomic E-state index is 0.111. The Hall–Kier alpha value is -1.14. The zero-order valence-corrected chi connectivity index (χ0v) is 10.7. The van der Waals surface area contributed by atoms with E-state index in [1.54, 1.807) is 6.92 Å². The van der Waals surface area contributed by atoms with Crippen LogP contribution in [-0.2, 0) is 0 Å². The quantitative estimate of drug-likeness (QED) is 0.664. The van der Waals surface area contributed by atoms with Crippen LogP contribution in [0.25, 0.3) is 0 Å². The highest BCUT2D eigenvalue weighted by atomic mass is 32.1. The van der Waals surface area contributed by atoms with Gasteiger partial charge in [0.25, 0.3) is 0 Å². The van der Waals surface area contributed by atoms with E-state index in [4.69, 9.17) is 0 Å². The van der Waals surface area contributed by atoms with Crippen LogP contribution in [0.4, 0.5) is 10.7 Å². The summed E-state index contributed by atoms with van der Waals surface area (Å²) in [4.78, 5) is 13.3. The Morgan fingerprint density at radius 1 is 1.65 bits per heavy atom. The summed E-state index contributed by atoms with van der Waals surface area (Å²) in [5, 5.41) is 21.2. The average Bonchev–Trinajstić information content (AvgIpc) is 2.58. The first-order chi connectivity index (χ1) is 8.00. The van der Waals surface area contributed by atoms with Gasteiger partial charge in [-0.15, -0.1) is 11.3 Å². The van der Waals surface area contributed by atoms with Gasteiger partial charge in [0, 0.05) is 24.0 Å². The normalized spacial score (nSPS) is 17.6. The summed E-state index contributed by atoms with van der Waals surface area (Å²) >= 11 is 1.32. The van der Waals surface area contributed by atoms with Crippen molar-refractivity contribution in [3.05, 3.63) is 21.1 Å². The van der Waals surface area contributed by atoms with Gasteiger partial charge in [-0.05, 0) is 26.2 Å². The van der Waals surface area contributed by atoms with Gasteiger partial charge in [-0.3, -0.25) is 10.1 Å². The van der Waals surface area contributed by atoms with Gasteiger partial charge in [0.1, 0.15) is 0 Å². The van der Waals surface area contributed by atoms with E-state index >= 15 is 0 Å². The van der Waals surface area contributed by atoms with Crippen molar-refractivity contribution in [2.24, 2.45) is 0 Å². The molecule has 0 bridgehead atoms. The SMILES string of the molecule is C[C@H](O)c1cc([N+](=O)[O-])c(N(C)C2CCC2)s1. The summed E-state index contributed by atoms with van der Waals surface area (Å²) < 4.78 is 0. The molecule has 1 heterocycles. The summed E-state index contributed by atoms with van der Waals surface area (Å²) in [5.74, 6) is 0. The molecular formula is C11H16N2O3S. The van der Waals surface area contributed by atoms with E-state index in [1.807, 2.05) is 11.9 Å². The van der Waals surface area contributed by atoms with Crippen molar-refractivity contribution in [2.45, 2.75) is 38.3 Å². The minimum atomic E-state index is -0.651. The van der Waals surface area contributed by atoms with Crippen molar-refractivity contribution in [2.75, 3.05) is 11.9 Å². The Labute approximate surface area is 104 Å². The molecule has 2 rings (SSSR count). The highest BCUT2D eigenvalue weighted by molar-refractivity contribution is 7.16. The summed E-state index contributed by atoms with van der Waals surface area (Å²) in [7, 11) is 1.90. The van der Waals surface area contributed by atoms with Crippen LogP contribution in [0.5, 0.6) is 0 Å². The van der Waals surface area contributed by atoms with Crippen LogP contribution < -0.4 is 4.90 Å². The molecule has 0 aromatic carbocycles. The van der Waals surface area contributed by atoms with Crippen LogP contribution in [0.2, 0.25) is 0 Å². The average molecular weight is 256 g/mol. The fraction of sp³-hybridized carbons (Fsp3) is 0.636. The largest absolute Gasteiger partial charge is 0.388 e. The topological polar surface area (TPSA) is 66.6 Å². The third kappa shape index (κ3) is 2.28. The number of nitro groups is 1. The summed E-state index contributed by atoms with van der Waals surface area (Å²) in [6, 6.07) is 1.90. The predicted octanol–water partition coefficient (Wildman–Crippen LogP) is 2.70. The number of thiophene rings is 1. The van der Waals surface area contributed by atoms with Gasteiger partial charge in [0.2, 0.25) is 0 Å². The highest BCUT2D eigenvalue weighted by Crippen LogP contribution is 2.42. The highest BCUT2D eigenvalue weighted by Gasteiger charge is 2.30. The van der Waals surface area contributed by atoms with E-state index < -0.39 is 6.10 Å². The van der Waals surface area contributed by atoms with Gasteiger partial charge >= 0.3 is 5.69 Å². The molecule has 0 aliphatic heterocycles. The monoisotopic (exact) mass is 256 g/mol. The molecule has 0 amide bonds. The Bertz CT molecular complexity index is 426. The number of aliphatic hydroxyl groups is 1. The molecule has 1 aliphatic rings. The molecule has 1 fully saturated rings. The fourth-order valence-electron chi connectivity index (χ4n) is 1.92. The zero-order valence-electron chi connectivity index (χ0n) is 9.92. The molecule has 0 radical (unpaired) electrons. The number of anilines is 1. The third-order valence-electron chi connectivity index (χ3n) is 3.26. The molecule has 6 heteroatoms. The van der Waals surface area contributed by atoms with Gasteiger partial charge in [0.15, 0.2) is 5.00 Å². The summed E-state index contributed by atoms with van der Waals surface area (Å²) in [6.07, 6.45) is 2.73. The molecule has 5 nitrogen and oxygen atoms in total. The fourth-order valence-corrected chi connectivity index (χ4v) is 3.01. The molecule has 0 spiro atoms. The van der Waals surface area contributed by atoms with E-state index in [2.05, 4.69) is 0 Å². The molecule has 0 saturated heterocycles. The van der Waals surface area contributed by atoms with E-state index in [-0.39, 0.29) is 10.6 Å². The maximum atomic E-state index is 11.0. The van der Waals surface area contributed by atoms with E-state index in [9.17, 15) is 15.2 Å². The first-order valence-corrected chi connectivity index (χ1v) is 6.51. The lowest BCUT2D eigenvalue weighted by Crippen LogP contribution is -2.36. The lowest BCUT2D eigenvalue weighted by atomic mass is 9.92. The van der Waals surface area contributed by atoms with Gasteiger partial charge in [-0.25, -0.2) is 0 Å². The molecule has 1 atom stereocenters. The van der Waals surface area contributed by atoms with Crippen molar-refractivity contribution >= 4 is 22.0 Å². The lowest BCUT2D eigenvalue weighted by Gasteiger charge is -2.34. The van der Waals surface area contributed by atoms with Gasteiger partial charge < -0.3 is 10.0 Å². The van der Waals surface area contributed by atoms with Crippen LogP contribution in [0.1, 0.15) is 37.2 Å². The Morgan fingerprint density at radius 3 is 2.71 bits per heavy atom. The second-order valence-corrected chi connectivity index (χ2v) is 5.53. The number of rotatable bonds is 4. The number of hydrogen-bond acceptors (Lipinski definition) is 5. The molecule has 1 aliphatic carbocycles. The molecule has 1 aromatic rings. The first-order valence-electron chi connectivity index (χ1n) is 5.69. The van der Waals surface area contributed by atoms with Gasteiger partial charge in [-0.2, -0.15) is 0 Å². The second-order valence-electron chi connectivity index (χ2n) is 4.47.